The molecule has 0 bridgehead atoms. The zero-order chi connectivity index (χ0) is 29.3. The molecule has 4 rings (SSSR count). The number of hydrogen-bond acceptors (Lipinski definition) is 8. The number of pyridine rings is 4. The molecule has 0 unspecified atom stereocenters. The van der Waals surface area contributed by atoms with Crippen molar-refractivity contribution in [3.05, 3.63) is 75.2 Å². The number of nitrogens with zero attached hydrogens (tertiary/aromatic N) is 4. The van der Waals surface area contributed by atoms with Crippen molar-refractivity contribution in [1.82, 2.24) is 19.9 Å². The summed E-state index contributed by atoms with van der Waals surface area (Å²) in [6.07, 6.45) is 5.21. The van der Waals surface area contributed by atoms with Crippen LogP contribution in [0, 0.1) is 11.6 Å². The van der Waals surface area contributed by atoms with E-state index in [0.717, 1.165) is 17.4 Å². The van der Waals surface area contributed by atoms with Crippen LogP contribution in [0.4, 0.5) is 20.4 Å². The smallest absolute Gasteiger partial charge is 0.213 e. The van der Waals surface area contributed by atoms with Gasteiger partial charge in [0.1, 0.15) is 23.3 Å². The molecule has 8 nitrogen and oxygen atoms in total. The summed E-state index contributed by atoms with van der Waals surface area (Å²) in [5.41, 5.74) is 11.9. The SMILES string of the molecule is C.COc1c[c]([Sn]([CH3])([CH3])[CH3])c(Cl)cn1.COc1cc(-c2cc(F)cnc2N)c(Cl)cn1.Nc1ncc(F)cc1Br. The second-order valence-electron chi connectivity index (χ2n) is 8.77. The van der Waals surface area contributed by atoms with Crippen LogP contribution < -0.4 is 24.5 Å². The third-order valence-electron chi connectivity index (χ3n) is 4.90. The van der Waals surface area contributed by atoms with Crippen LogP contribution in [0.3, 0.4) is 0 Å². The van der Waals surface area contributed by atoms with Gasteiger partial charge in [0.2, 0.25) is 5.88 Å². The van der Waals surface area contributed by atoms with Crippen molar-refractivity contribution in [3.63, 3.8) is 0 Å². The van der Waals surface area contributed by atoms with E-state index >= 15 is 0 Å². The van der Waals surface area contributed by atoms with E-state index in [9.17, 15) is 8.78 Å². The van der Waals surface area contributed by atoms with Crippen LogP contribution in [0.1, 0.15) is 7.43 Å². The molecule has 4 heterocycles. The molecule has 0 aliphatic carbocycles. The Bertz CT molecular complexity index is 1430. The Morgan fingerprint density at radius 2 is 1.23 bits per heavy atom. The fourth-order valence-corrected chi connectivity index (χ4v) is 9.28. The van der Waals surface area contributed by atoms with Crippen molar-refractivity contribution in [1.29, 1.82) is 0 Å². The van der Waals surface area contributed by atoms with Crippen molar-refractivity contribution in [3.8, 4) is 22.9 Å². The van der Waals surface area contributed by atoms with E-state index in [1.54, 1.807) is 19.4 Å². The number of methoxy groups -OCH3 is 2. The average Bonchev–Trinajstić information content (AvgIpc) is 2.89. The van der Waals surface area contributed by atoms with Gasteiger partial charge in [-0.25, -0.2) is 23.7 Å². The minimum atomic E-state index is -2.09. The molecule has 0 spiro atoms. The van der Waals surface area contributed by atoms with Gasteiger partial charge in [-0.2, -0.15) is 0 Å². The normalized spacial score (nSPS) is 10.2. The van der Waals surface area contributed by atoms with Gasteiger partial charge in [0.05, 0.1) is 35.2 Å². The Labute approximate surface area is 255 Å². The first-order valence-corrected chi connectivity index (χ1v) is 22.7. The average molecular weight is 767 g/mol. The summed E-state index contributed by atoms with van der Waals surface area (Å²) in [7, 11) is 3.10. The quantitative estimate of drug-likeness (QED) is 0.213. The monoisotopic (exact) mass is 766 g/mol. The van der Waals surface area contributed by atoms with Gasteiger partial charge in [-0.05, 0) is 28.1 Å². The summed E-state index contributed by atoms with van der Waals surface area (Å²) in [5.74, 6) is 0.647. The first-order chi connectivity index (χ1) is 18.3. The minimum Gasteiger partial charge on any atom is -0.481 e. The van der Waals surface area contributed by atoms with E-state index in [1.807, 2.05) is 6.07 Å². The summed E-state index contributed by atoms with van der Waals surface area (Å²) >= 11 is 13.0. The van der Waals surface area contributed by atoms with Crippen LogP contribution >= 0.6 is 39.1 Å². The Balaban J connectivity index is 0.000000311. The Kier molecular flexibility index (Phi) is 14.3. The number of anilines is 2. The predicted molar refractivity (Wildman–Crippen MR) is 165 cm³/mol. The van der Waals surface area contributed by atoms with Crippen LogP contribution in [-0.4, -0.2) is 52.5 Å². The van der Waals surface area contributed by atoms with Crippen LogP contribution in [0.15, 0.2) is 53.5 Å². The fourth-order valence-electron chi connectivity index (χ4n) is 2.93. The summed E-state index contributed by atoms with van der Waals surface area (Å²) < 4.78 is 37.1. The number of nitrogens with two attached hydrogens (primary N) is 2. The number of rotatable bonds is 4. The van der Waals surface area contributed by atoms with Crippen LogP contribution in [0.5, 0.6) is 11.8 Å². The molecule has 40 heavy (non-hydrogen) atoms. The number of ether oxygens (including phenoxy) is 2. The van der Waals surface area contributed by atoms with E-state index in [1.165, 1.54) is 29.0 Å². The van der Waals surface area contributed by atoms with Gasteiger partial charge in [-0.3, -0.25) is 0 Å². The summed E-state index contributed by atoms with van der Waals surface area (Å²) in [6.45, 7) is 0. The molecule has 0 aliphatic heterocycles. The van der Waals surface area contributed by atoms with E-state index < -0.39 is 30.0 Å². The molecular formula is C26H31BrCl2F2N6O2Sn. The second-order valence-corrected chi connectivity index (χ2v) is 24.8. The third kappa shape index (κ3) is 10.5. The molecule has 0 radical (unpaired) electrons. The van der Waals surface area contributed by atoms with Gasteiger partial charge in [0.15, 0.2) is 0 Å². The Hall–Kier alpha value is -2.48. The van der Waals surface area contributed by atoms with Crippen LogP contribution in [-0.2, 0) is 0 Å². The maximum Gasteiger partial charge on any atom is 0.213 e. The molecule has 4 N–H and O–H groups in total. The number of hydrogen-bond donors (Lipinski definition) is 2. The Morgan fingerprint density at radius 3 is 1.73 bits per heavy atom. The van der Waals surface area contributed by atoms with E-state index in [-0.39, 0.29) is 13.2 Å². The van der Waals surface area contributed by atoms with E-state index in [2.05, 4.69) is 50.7 Å². The molecule has 0 saturated carbocycles. The number of aromatic nitrogens is 4. The molecular weight excluding hydrogens is 736 g/mol. The zero-order valence-electron chi connectivity index (χ0n) is 21.8. The first-order valence-electron chi connectivity index (χ1n) is 11.1. The van der Waals surface area contributed by atoms with Gasteiger partial charge in [0.25, 0.3) is 0 Å². The van der Waals surface area contributed by atoms with Crippen molar-refractivity contribution in [2.24, 2.45) is 0 Å². The molecule has 0 amide bonds. The van der Waals surface area contributed by atoms with E-state index in [0.29, 0.717) is 38.2 Å². The zero-order valence-corrected chi connectivity index (χ0v) is 27.7. The van der Waals surface area contributed by atoms with Crippen molar-refractivity contribution in [2.45, 2.75) is 22.2 Å². The van der Waals surface area contributed by atoms with Gasteiger partial charge in [-0.15, -0.1) is 0 Å². The summed E-state index contributed by atoms with van der Waals surface area (Å²) in [6, 6.07) is 6.08. The van der Waals surface area contributed by atoms with Crippen LogP contribution in [0.2, 0.25) is 24.9 Å². The standard InChI is InChI=1S/C11H9ClFN3O.C6H5ClNO.C5H4BrFN2.CH4.3CH3.Sn/c1-17-10-3-7(9(12)5-15-10)8-2-6(13)4-16-11(8)14;1-9-6-3-2-5(7)4-8-6;6-4-1-3(7)2-9-5(4)8;;;;;/h2-5H,1H3,(H2,14,16);3-4H,1H3;1-2H,(H2,8,9);1H4;3*1H3;. The minimum absolute atomic E-state index is 0. The van der Waals surface area contributed by atoms with Crippen LogP contribution in [0.25, 0.3) is 11.1 Å². The number of halogens is 5. The molecule has 0 saturated heterocycles. The van der Waals surface area contributed by atoms with Gasteiger partial charge < -0.3 is 16.2 Å². The molecule has 0 fully saturated rings. The van der Waals surface area contributed by atoms with Gasteiger partial charge in [0, 0.05) is 17.2 Å². The molecule has 0 aromatic carbocycles. The summed E-state index contributed by atoms with van der Waals surface area (Å²) in [5, 5.41) is 1.13. The molecule has 4 aromatic heterocycles. The number of nitrogen functional groups attached to an aromatic ring is 2. The largest absolute Gasteiger partial charge is 0.481 e. The Morgan fingerprint density at radius 1 is 0.725 bits per heavy atom. The molecule has 4 aromatic rings. The molecule has 0 aliphatic rings. The van der Waals surface area contributed by atoms with E-state index in [4.69, 9.17) is 44.1 Å². The topological polar surface area (TPSA) is 122 Å². The van der Waals surface area contributed by atoms with Crippen molar-refractivity contribution in [2.75, 3.05) is 25.7 Å². The predicted octanol–water partition coefficient (Wildman–Crippen LogP) is 7.02. The maximum absolute atomic E-state index is 13.1. The third-order valence-corrected chi connectivity index (χ3v) is 12.4. The van der Waals surface area contributed by atoms with Crippen molar-refractivity contribution >= 4 is 72.7 Å². The van der Waals surface area contributed by atoms with Crippen molar-refractivity contribution < 1.29 is 18.3 Å². The first kappa shape index (κ1) is 35.5. The molecule has 14 heteroatoms. The molecule has 216 valence electrons. The molecule has 0 atom stereocenters. The fraction of sp³-hybridized carbons (Fsp3) is 0.231. The van der Waals surface area contributed by atoms with Gasteiger partial charge >= 0.3 is 88.4 Å². The summed E-state index contributed by atoms with van der Waals surface area (Å²) in [4.78, 5) is 22.2. The second kappa shape index (κ2) is 16.1. The maximum atomic E-state index is 13.1. The van der Waals surface area contributed by atoms with Gasteiger partial charge in [-0.1, -0.05) is 19.0 Å².